The van der Waals surface area contributed by atoms with Crippen molar-refractivity contribution < 1.29 is 28.2 Å². The fraction of sp³-hybridized carbons (Fsp3) is 0.778. The number of carboxylic acids is 1. The van der Waals surface area contributed by atoms with Crippen molar-refractivity contribution in [3.8, 4) is 0 Å². The molecule has 0 unspecified atom stereocenters. The summed E-state index contributed by atoms with van der Waals surface area (Å²) in [4.78, 5) is 21.4. The van der Waals surface area contributed by atoms with Gasteiger partial charge in [-0.05, 0) is 6.42 Å². The molecule has 9 nitrogen and oxygen atoms in total. The van der Waals surface area contributed by atoms with Gasteiger partial charge in [-0.15, -0.1) is 0 Å². The zero-order valence-electron chi connectivity index (χ0n) is 10.5. The molecule has 1 atom stereocenters. The fourth-order valence-corrected chi connectivity index (χ4v) is 1.57. The first-order valence-corrected chi connectivity index (χ1v) is 7.48. The second-order valence-corrected chi connectivity index (χ2v) is 5.68. The van der Waals surface area contributed by atoms with Crippen LogP contribution in [0.5, 0.6) is 0 Å². The number of carbonyl (C=O) groups excluding carboxylic acids is 1. The molecule has 0 aromatic heterocycles. The molecule has 0 aromatic carbocycles. The van der Waals surface area contributed by atoms with E-state index in [0.29, 0.717) is 6.42 Å². The highest BCUT2D eigenvalue weighted by molar-refractivity contribution is 7.88. The monoisotopic (exact) mass is 297 g/mol. The van der Waals surface area contributed by atoms with Gasteiger partial charge in [0.2, 0.25) is 10.0 Å². The molecule has 0 aliphatic carbocycles. The van der Waals surface area contributed by atoms with Crippen LogP contribution in [0.3, 0.4) is 0 Å². The molecular weight excluding hydrogens is 278 g/mol. The van der Waals surface area contributed by atoms with E-state index in [2.05, 4.69) is 15.4 Å². The Balaban J connectivity index is 3.53. The number of amides is 2. The van der Waals surface area contributed by atoms with E-state index in [-0.39, 0.29) is 26.1 Å². The smallest absolute Gasteiger partial charge is 0.332 e. The van der Waals surface area contributed by atoms with E-state index < -0.39 is 28.1 Å². The van der Waals surface area contributed by atoms with E-state index in [9.17, 15) is 18.0 Å². The molecule has 19 heavy (non-hydrogen) atoms. The molecule has 10 heteroatoms. The number of urea groups is 1. The predicted molar refractivity (Wildman–Crippen MR) is 67.1 cm³/mol. The summed E-state index contributed by atoms with van der Waals surface area (Å²) in [5, 5.41) is 22.1. The van der Waals surface area contributed by atoms with Crippen LogP contribution < -0.4 is 15.4 Å². The Labute approximate surface area is 111 Å². The zero-order chi connectivity index (χ0) is 14.9. The van der Waals surface area contributed by atoms with Crippen molar-refractivity contribution >= 4 is 22.0 Å². The summed E-state index contributed by atoms with van der Waals surface area (Å²) < 4.78 is 23.7. The van der Waals surface area contributed by atoms with Crippen LogP contribution in [0.25, 0.3) is 0 Å². The Morgan fingerprint density at radius 3 is 2.26 bits per heavy atom. The van der Waals surface area contributed by atoms with Crippen molar-refractivity contribution in [2.45, 2.75) is 18.9 Å². The van der Waals surface area contributed by atoms with Gasteiger partial charge in [0.05, 0.1) is 6.26 Å². The number of sulfonamides is 1. The molecule has 0 aliphatic rings. The highest BCUT2D eigenvalue weighted by Crippen LogP contribution is 1.89. The minimum absolute atomic E-state index is 0.0287. The lowest BCUT2D eigenvalue weighted by atomic mass is 10.2. The third-order valence-corrected chi connectivity index (χ3v) is 2.72. The largest absolute Gasteiger partial charge is 0.479 e. The normalized spacial score (nSPS) is 12.7. The lowest BCUT2D eigenvalue weighted by Gasteiger charge is -2.09. The molecule has 0 aromatic rings. The van der Waals surface area contributed by atoms with E-state index in [1.807, 2.05) is 0 Å². The summed E-state index contributed by atoms with van der Waals surface area (Å²) in [5.41, 5.74) is 0. The van der Waals surface area contributed by atoms with Crippen molar-refractivity contribution in [3.05, 3.63) is 0 Å². The number of aliphatic carboxylic acids is 1. The maximum Gasteiger partial charge on any atom is 0.332 e. The number of carbonyl (C=O) groups is 2. The summed E-state index contributed by atoms with van der Waals surface area (Å²) >= 11 is 0. The molecule has 0 spiro atoms. The first-order chi connectivity index (χ1) is 8.72. The molecule has 0 fully saturated rings. The average Bonchev–Trinajstić information content (AvgIpc) is 2.26. The van der Waals surface area contributed by atoms with Gasteiger partial charge in [-0.25, -0.2) is 22.7 Å². The summed E-state index contributed by atoms with van der Waals surface area (Å²) in [5.74, 6) is -1.34. The first kappa shape index (κ1) is 17.6. The first-order valence-electron chi connectivity index (χ1n) is 5.59. The minimum Gasteiger partial charge on any atom is -0.479 e. The van der Waals surface area contributed by atoms with Crippen molar-refractivity contribution in [2.75, 3.05) is 25.9 Å². The molecule has 0 rings (SSSR count). The van der Waals surface area contributed by atoms with Gasteiger partial charge in [0.1, 0.15) is 0 Å². The van der Waals surface area contributed by atoms with E-state index >= 15 is 0 Å². The van der Waals surface area contributed by atoms with Crippen LogP contribution >= 0.6 is 0 Å². The number of rotatable bonds is 9. The van der Waals surface area contributed by atoms with Crippen molar-refractivity contribution in [1.29, 1.82) is 0 Å². The molecule has 2 amide bonds. The lowest BCUT2D eigenvalue weighted by Crippen LogP contribution is -2.39. The van der Waals surface area contributed by atoms with Gasteiger partial charge >= 0.3 is 12.0 Å². The van der Waals surface area contributed by atoms with Gasteiger partial charge in [-0.3, -0.25) is 0 Å². The zero-order valence-corrected chi connectivity index (χ0v) is 11.4. The third kappa shape index (κ3) is 11.4. The SMILES string of the molecule is CS(=O)(=O)NCCCNC(=O)NCC[C@H](O)C(=O)O. The molecule has 0 bridgehead atoms. The van der Waals surface area contributed by atoms with Gasteiger partial charge in [0, 0.05) is 26.1 Å². The maximum absolute atomic E-state index is 11.2. The standard InChI is InChI=1S/C9H19N3O6S/c1-19(17,18)12-5-2-4-10-9(16)11-6-3-7(13)8(14)15/h7,12-13H,2-6H2,1H3,(H,14,15)(H2,10,11,16)/t7-/m0/s1. The second-order valence-electron chi connectivity index (χ2n) is 3.85. The van der Waals surface area contributed by atoms with Gasteiger partial charge in [-0.1, -0.05) is 0 Å². The maximum atomic E-state index is 11.2. The molecule has 0 aliphatic heterocycles. The van der Waals surface area contributed by atoms with Crippen LogP contribution in [-0.2, 0) is 14.8 Å². The minimum atomic E-state index is -3.22. The van der Waals surface area contributed by atoms with Gasteiger partial charge in [0.25, 0.3) is 0 Å². The molecule has 0 saturated carbocycles. The Kier molecular flexibility index (Phi) is 8.03. The van der Waals surface area contributed by atoms with E-state index in [1.54, 1.807) is 0 Å². The second kappa shape index (κ2) is 8.67. The predicted octanol–water partition coefficient (Wildman–Crippen LogP) is -1.94. The lowest BCUT2D eigenvalue weighted by molar-refractivity contribution is -0.146. The molecule has 0 radical (unpaired) electrons. The van der Waals surface area contributed by atoms with Gasteiger partial charge in [0.15, 0.2) is 6.10 Å². The van der Waals surface area contributed by atoms with Gasteiger partial charge in [-0.2, -0.15) is 0 Å². The number of aliphatic hydroxyl groups is 1. The summed E-state index contributed by atoms with van der Waals surface area (Å²) in [6, 6.07) is -0.503. The summed E-state index contributed by atoms with van der Waals surface area (Å²) in [6.45, 7) is 0.521. The summed E-state index contributed by atoms with van der Waals surface area (Å²) in [6.07, 6.45) is -0.114. The molecule has 0 saturated heterocycles. The van der Waals surface area contributed by atoms with Gasteiger partial charge < -0.3 is 20.8 Å². The van der Waals surface area contributed by atoms with Crippen LogP contribution in [0.15, 0.2) is 0 Å². The quantitative estimate of drug-likeness (QED) is 0.313. The number of nitrogens with one attached hydrogen (secondary N) is 3. The molecule has 0 heterocycles. The van der Waals surface area contributed by atoms with E-state index in [4.69, 9.17) is 10.2 Å². The topological polar surface area (TPSA) is 145 Å². The van der Waals surface area contributed by atoms with E-state index in [0.717, 1.165) is 6.26 Å². The average molecular weight is 297 g/mol. The van der Waals surface area contributed by atoms with Crippen LogP contribution in [-0.4, -0.2) is 62.6 Å². The fourth-order valence-electron chi connectivity index (χ4n) is 1.06. The Hall–Kier alpha value is -1.39. The number of hydrogen-bond acceptors (Lipinski definition) is 5. The molecule has 112 valence electrons. The van der Waals surface area contributed by atoms with Crippen LogP contribution in [0.2, 0.25) is 0 Å². The van der Waals surface area contributed by atoms with Crippen LogP contribution in [0.1, 0.15) is 12.8 Å². The number of hydrogen-bond donors (Lipinski definition) is 5. The third-order valence-electron chi connectivity index (χ3n) is 1.99. The number of aliphatic hydroxyl groups excluding tert-OH is 1. The highest BCUT2D eigenvalue weighted by Gasteiger charge is 2.12. The van der Waals surface area contributed by atoms with Crippen LogP contribution in [0.4, 0.5) is 4.79 Å². The van der Waals surface area contributed by atoms with Crippen molar-refractivity contribution in [3.63, 3.8) is 0 Å². The van der Waals surface area contributed by atoms with Crippen molar-refractivity contribution in [2.24, 2.45) is 0 Å². The molecular formula is C9H19N3O6S. The Bertz CT molecular complexity index is 397. The molecule has 5 N–H and O–H groups in total. The van der Waals surface area contributed by atoms with Crippen LogP contribution in [0, 0.1) is 0 Å². The number of carboxylic acid groups (broad SMARTS) is 1. The highest BCUT2D eigenvalue weighted by atomic mass is 32.2. The van der Waals surface area contributed by atoms with Crippen molar-refractivity contribution in [1.82, 2.24) is 15.4 Å². The summed E-state index contributed by atoms with van der Waals surface area (Å²) in [7, 11) is -3.22. The Morgan fingerprint density at radius 1 is 1.16 bits per heavy atom. The Morgan fingerprint density at radius 2 is 1.74 bits per heavy atom. The van der Waals surface area contributed by atoms with E-state index in [1.165, 1.54) is 0 Å².